The fraction of sp³-hybridized carbons (Fsp3) is 0.273. The molecule has 0 amide bonds. The van der Waals surface area contributed by atoms with Crippen LogP contribution in [0.3, 0.4) is 0 Å². The van der Waals surface area contributed by atoms with E-state index in [2.05, 4.69) is 0 Å². The summed E-state index contributed by atoms with van der Waals surface area (Å²) in [5.74, 6) is 1.01. The molecule has 1 rings (SSSR count). The first kappa shape index (κ1) is 10.6. The van der Waals surface area contributed by atoms with Gasteiger partial charge in [-0.2, -0.15) is 0 Å². The van der Waals surface area contributed by atoms with E-state index in [0.717, 1.165) is 16.9 Å². The van der Waals surface area contributed by atoms with Crippen molar-refractivity contribution in [2.24, 2.45) is 5.73 Å². The van der Waals surface area contributed by atoms with Crippen LogP contribution in [0.15, 0.2) is 18.2 Å². The summed E-state index contributed by atoms with van der Waals surface area (Å²) in [6, 6.07) is 3.46. The lowest BCUT2D eigenvalue weighted by Crippen LogP contribution is -1.93. The fourth-order valence-corrected chi connectivity index (χ4v) is 1.19. The van der Waals surface area contributed by atoms with Crippen LogP contribution in [0.25, 0.3) is 6.08 Å². The first-order valence-electron chi connectivity index (χ1n) is 4.43. The molecule has 0 aromatic heterocycles. The first-order valence-corrected chi connectivity index (χ1v) is 4.43. The van der Waals surface area contributed by atoms with Crippen molar-refractivity contribution in [1.82, 2.24) is 0 Å². The van der Waals surface area contributed by atoms with Crippen molar-refractivity contribution < 1.29 is 9.84 Å². The molecule has 0 saturated heterocycles. The Hall–Kier alpha value is -1.48. The van der Waals surface area contributed by atoms with Crippen molar-refractivity contribution in [3.05, 3.63) is 29.3 Å². The van der Waals surface area contributed by atoms with Gasteiger partial charge in [0.1, 0.15) is 11.5 Å². The highest BCUT2D eigenvalue weighted by Crippen LogP contribution is 2.28. The second-order valence-corrected chi connectivity index (χ2v) is 3.02. The Morgan fingerprint density at radius 3 is 2.79 bits per heavy atom. The number of ether oxygens (including phenoxy) is 1. The quantitative estimate of drug-likeness (QED) is 0.768. The van der Waals surface area contributed by atoms with E-state index in [9.17, 15) is 5.11 Å². The third-order valence-corrected chi connectivity index (χ3v) is 1.98. The van der Waals surface area contributed by atoms with Crippen molar-refractivity contribution in [2.45, 2.75) is 6.92 Å². The number of hydrogen-bond acceptors (Lipinski definition) is 3. The van der Waals surface area contributed by atoms with Gasteiger partial charge in [0.25, 0.3) is 0 Å². The molecule has 0 fully saturated rings. The summed E-state index contributed by atoms with van der Waals surface area (Å²) >= 11 is 0. The highest BCUT2D eigenvalue weighted by molar-refractivity contribution is 5.61. The lowest BCUT2D eigenvalue weighted by Gasteiger charge is -2.07. The number of benzene rings is 1. The second-order valence-electron chi connectivity index (χ2n) is 3.02. The average Bonchev–Trinajstić information content (AvgIpc) is 2.19. The van der Waals surface area contributed by atoms with Crippen LogP contribution >= 0.6 is 0 Å². The Morgan fingerprint density at radius 1 is 1.50 bits per heavy atom. The molecule has 1 aromatic carbocycles. The van der Waals surface area contributed by atoms with E-state index in [1.165, 1.54) is 0 Å². The van der Waals surface area contributed by atoms with Crippen molar-refractivity contribution in [2.75, 3.05) is 13.7 Å². The van der Waals surface area contributed by atoms with Gasteiger partial charge in [-0.25, -0.2) is 0 Å². The lowest BCUT2D eigenvalue weighted by molar-refractivity contribution is 0.410. The van der Waals surface area contributed by atoms with Gasteiger partial charge in [-0.3, -0.25) is 0 Å². The minimum Gasteiger partial charge on any atom is -0.508 e. The van der Waals surface area contributed by atoms with Crippen molar-refractivity contribution >= 4 is 6.08 Å². The number of rotatable bonds is 3. The molecule has 3 N–H and O–H groups in total. The third-order valence-electron chi connectivity index (χ3n) is 1.98. The Morgan fingerprint density at radius 2 is 2.21 bits per heavy atom. The summed E-state index contributed by atoms with van der Waals surface area (Å²) in [4.78, 5) is 0. The van der Waals surface area contributed by atoms with Gasteiger partial charge in [0.2, 0.25) is 0 Å². The Balaban J connectivity index is 3.13. The summed E-state index contributed by atoms with van der Waals surface area (Å²) < 4.78 is 5.18. The topological polar surface area (TPSA) is 55.5 Å². The molecular weight excluding hydrogens is 178 g/mol. The number of aromatic hydroxyl groups is 1. The SMILES string of the molecule is COc1cc(C)c(O)cc1/C=C/CN. The van der Waals surface area contributed by atoms with E-state index in [-0.39, 0.29) is 5.75 Å². The van der Waals surface area contributed by atoms with Crippen molar-refractivity contribution in [1.29, 1.82) is 0 Å². The van der Waals surface area contributed by atoms with Crippen molar-refractivity contribution in [3.8, 4) is 11.5 Å². The summed E-state index contributed by atoms with van der Waals surface area (Å²) in [5, 5.41) is 9.50. The molecule has 0 aliphatic carbocycles. The molecular formula is C11H15NO2. The monoisotopic (exact) mass is 193 g/mol. The molecule has 0 spiro atoms. The third kappa shape index (κ3) is 2.26. The largest absolute Gasteiger partial charge is 0.508 e. The van der Waals surface area contributed by atoms with Crippen LogP contribution in [-0.4, -0.2) is 18.8 Å². The average molecular weight is 193 g/mol. The van der Waals surface area contributed by atoms with Gasteiger partial charge in [0, 0.05) is 12.1 Å². The minimum atomic E-state index is 0.266. The van der Waals surface area contributed by atoms with Gasteiger partial charge in [0.05, 0.1) is 7.11 Å². The van der Waals surface area contributed by atoms with E-state index < -0.39 is 0 Å². The Kier molecular flexibility index (Phi) is 3.54. The number of phenolic OH excluding ortho intramolecular Hbond substituents is 1. The van der Waals surface area contributed by atoms with E-state index >= 15 is 0 Å². The Bertz CT molecular complexity index is 345. The summed E-state index contributed by atoms with van der Waals surface area (Å²) in [6.07, 6.45) is 3.64. The number of methoxy groups -OCH3 is 1. The zero-order valence-corrected chi connectivity index (χ0v) is 8.45. The summed E-state index contributed by atoms with van der Waals surface area (Å²) in [6.45, 7) is 2.30. The van der Waals surface area contributed by atoms with Crippen LogP contribution in [0.5, 0.6) is 11.5 Å². The van der Waals surface area contributed by atoms with Gasteiger partial charge < -0.3 is 15.6 Å². The molecule has 14 heavy (non-hydrogen) atoms. The molecule has 76 valence electrons. The van der Waals surface area contributed by atoms with Gasteiger partial charge in [0.15, 0.2) is 0 Å². The molecule has 0 aliphatic rings. The maximum absolute atomic E-state index is 9.50. The van der Waals surface area contributed by atoms with Gasteiger partial charge >= 0.3 is 0 Å². The summed E-state index contributed by atoms with van der Waals surface area (Å²) in [7, 11) is 1.60. The molecule has 0 bridgehead atoms. The molecule has 0 heterocycles. The molecule has 0 aliphatic heterocycles. The first-order chi connectivity index (χ1) is 6.69. The van der Waals surface area contributed by atoms with Crippen LogP contribution in [-0.2, 0) is 0 Å². The van der Waals surface area contributed by atoms with Crippen molar-refractivity contribution in [3.63, 3.8) is 0 Å². The standard InChI is InChI=1S/C11H15NO2/c1-8-6-11(14-2)9(4-3-5-12)7-10(8)13/h3-4,6-7,13H,5,12H2,1-2H3/b4-3+. The zero-order chi connectivity index (χ0) is 10.6. The predicted octanol–water partition coefficient (Wildman–Crippen LogP) is 1.68. The normalized spacial score (nSPS) is 10.8. The summed E-state index contributed by atoms with van der Waals surface area (Å²) in [5.41, 5.74) is 6.98. The minimum absolute atomic E-state index is 0.266. The molecule has 3 nitrogen and oxygen atoms in total. The smallest absolute Gasteiger partial charge is 0.126 e. The highest BCUT2D eigenvalue weighted by atomic mass is 16.5. The van der Waals surface area contributed by atoms with Crippen LogP contribution in [0.2, 0.25) is 0 Å². The predicted molar refractivity (Wildman–Crippen MR) is 57.5 cm³/mol. The molecule has 0 radical (unpaired) electrons. The number of nitrogens with two attached hydrogens (primary N) is 1. The molecule has 0 saturated carbocycles. The highest BCUT2D eigenvalue weighted by Gasteiger charge is 2.04. The fourth-order valence-electron chi connectivity index (χ4n) is 1.19. The van der Waals surface area contributed by atoms with E-state index in [1.54, 1.807) is 19.2 Å². The molecule has 0 atom stereocenters. The maximum Gasteiger partial charge on any atom is 0.126 e. The molecule has 1 aromatic rings. The zero-order valence-electron chi connectivity index (χ0n) is 8.45. The van der Waals surface area contributed by atoms with Crippen LogP contribution in [0.4, 0.5) is 0 Å². The van der Waals surface area contributed by atoms with Gasteiger partial charge in [-0.05, 0) is 24.6 Å². The van der Waals surface area contributed by atoms with Gasteiger partial charge in [-0.1, -0.05) is 12.2 Å². The van der Waals surface area contributed by atoms with E-state index in [0.29, 0.717) is 6.54 Å². The van der Waals surface area contributed by atoms with Crippen LogP contribution in [0.1, 0.15) is 11.1 Å². The van der Waals surface area contributed by atoms with E-state index in [4.69, 9.17) is 10.5 Å². The van der Waals surface area contributed by atoms with Gasteiger partial charge in [-0.15, -0.1) is 0 Å². The number of aryl methyl sites for hydroxylation is 1. The second kappa shape index (κ2) is 4.67. The number of hydrogen-bond donors (Lipinski definition) is 2. The van der Waals surface area contributed by atoms with E-state index in [1.807, 2.05) is 19.1 Å². The van der Waals surface area contributed by atoms with Crippen LogP contribution < -0.4 is 10.5 Å². The molecule has 0 unspecified atom stereocenters. The maximum atomic E-state index is 9.50. The lowest BCUT2D eigenvalue weighted by atomic mass is 10.1. The van der Waals surface area contributed by atoms with Crippen LogP contribution in [0, 0.1) is 6.92 Å². The molecule has 3 heteroatoms. The number of phenols is 1. The Labute approximate surface area is 83.8 Å².